The van der Waals surface area contributed by atoms with Crippen LogP contribution in [0.15, 0.2) is 65.7 Å². The van der Waals surface area contributed by atoms with Gasteiger partial charge in [-0.2, -0.15) is 0 Å². The van der Waals surface area contributed by atoms with Crippen molar-refractivity contribution in [3.63, 3.8) is 0 Å². The van der Waals surface area contributed by atoms with Crippen molar-refractivity contribution in [1.29, 1.82) is 0 Å². The van der Waals surface area contributed by atoms with Crippen LogP contribution in [0.3, 0.4) is 0 Å². The maximum Gasteiger partial charge on any atom is 0.270 e. The number of amides is 1. The molecule has 0 heterocycles. The van der Waals surface area contributed by atoms with Crippen LogP contribution in [0.25, 0.3) is 6.08 Å². The van der Waals surface area contributed by atoms with Crippen molar-refractivity contribution >= 4 is 33.6 Å². The first-order chi connectivity index (χ1) is 12.4. The summed E-state index contributed by atoms with van der Waals surface area (Å²) >= 11 is 3.28. The molecule has 0 aliphatic rings. The fraction of sp³-hybridized carbons (Fsp3) is 0.105. The molecule has 0 aliphatic heterocycles. The minimum absolute atomic E-state index is 0.0567. The highest BCUT2D eigenvalue weighted by Crippen LogP contribution is 2.18. The average Bonchev–Trinajstić information content (AvgIpc) is 2.62. The molecule has 1 amide bonds. The van der Waals surface area contributed by atoms with Gasteiger partial charge in [0, 0.05) is 41.3 Å². The molecule has 0 saturated heterocycles. The number of rotatable bonds is 7. The molecule has 134 valence electrons. The maximum atomic E-state index is 13.9. The van der Waals surface area contributed by atoms with Crippen LogP contribution in [0, 0.1) is 15.9 Å². The summed E-state index contributed by atoms with van der Waals surface area (Å²) in [7, 11) is 0. The number of nitrogens with zero attached hydrogens (tertiary/aromatic N) is 2. The lowest BCUT2D eigenvalue weighted by Gasteiger charge is -2.20. The number of nitro benzene ring substituents is 1. The molecule has 0 atom stereocenters. The first kappa shape index (κ1) is 19.5. The van der Waals surface area contributed by atoms with Crippen LogP contribution in [0.2, 0.25) is 0 Å². The Morgan fingerprint density at radius 3 is 2.77 bits per heavy atom. The molecule has 0 saturated carbocycles. The molecule has 7 heteroatoms. The number of nitro groups is 1. The first-order valence-corrected chi connectivity index (χ1v) is 8.46. The molecular weight excluding hydrogens is 403 g/mol. The second-order valence-corrected chi connectivity index (χ2v) is 6.34. The van der Waals surface area contributed by atoms with Gasteiger partial charge in [0.15, 0.2) is 0 Å². The molecule has 0 bridgehead atoms. The van der Waals surface area contributed by atoms with Gasteiger partial charge in [-0.1, -0.05) is 34.1 Å². The maximum absolute atomic E-state index is 13.9. The number of hydrogen-bond acceptors (Lipinski definition) is 3. The summed E-state index contributed by atoms with van der Waals surface area (Å²) in [5, 5.41) is 10.8. The summed E-state index contributed by atoms with van der Waals surface area (Å²) in [5.41, 5.74) is 0.844. The van der Waals surface area contributed by atoms with Gasteiger partial charge in [-0.25, -0.2) is 4.39 Å². The first-order valence-electron chi connectivity index (χ1n) is 7.67. The molecule has 2 aromatic rings. The van der Waals surface area contributed by atoms with E-state index in [1.165, 1.54) is 35.3 Å². The Labute approximate surface area is 158 Å². The van der Waals surface area contributed by atoms with Crippen LogP contribution in [-0.2, 0) is 11.3 Å². The minimum Gasteiger partial charge on any atom is -0.331 e. The molecule has 0 fully saturated rings. The minimum atomic E-state index is -0.501. The van der Waals surface area contributed by atoms with Crippen molar-refractivity contribution in [3.05, 3.63) is 92.7 Å². The summed E-state index contributed by atoms with van der Waals surface area (Å²) in [5.74, 6) is -0.756. The molecule has 26 heavy (non-hydrogen) atoms. The molecule has 0 aromatic heterocycles. The Hall–Kier alpha value is -2.80. The van der Waals surface area contributed by atoms with Crippen molar-refractivity contribution < 1.29 is 14.1 Å². The Kier molecular flexibility index (Phi) is 6.80. The van der Waals surface area contributed by atoms with Crippen LogP contribution in [0.4, 0.5) is 10.1 Å². The lowest BCUT2D eigenvalue weighted by atomic mass is 10.1. The van der Waals surface area contributed by atoms with Gasteiger partial charge in [-0.05, 0) is 29.8 Å². The Bertz CT molecular complexity index is 868. The van der Waals surface area contributed by atoms with Crippen molar-refractivity contribution in [3.8, 4) is 0 Å². The van der Waals surface area contributed by atoms with E-state index >= 15 is 0 Å². The van der Waals surface area contributed by atoms with E-state index in [4.69, 9.17) is 0 Å². The molecule has 5 nitrogen and oxygen atoms in total. The average molecular weight is 419 g/mol. The molecule has 0 unspecified atom stereocenters. The summed E-state index contributed by atoms with van der Waals surface area (Å²) in [6.45, 7) is 3.94. The highest BCUT2D eigenvalue weighted by molar-refractivity contribution is 9.10. The fourth-order valence-electron chi connectivity index (χ4n) is 2.27. The summed E-state index contributed by atoms with van der Waals surface area (Å²) < 4.78 is 14.7. The van der Waals surface area contributed by atoms with Gasteiger partial charge in [-0.3, -0.25) is 14.9 Å². The van der Waals surface area contributed by atoms with Crippen molar-refractivity contribution in [2.75, 3.05) is 6.54 Å². The Morgan fingerprint density at radius 2 is 2.08 bits per heavy atom. The van der Waals surface area contributed by atoms with Gasteiger partial charge in [0.25, 0.3) is 5.69 Å². The third kappa shape index (κ3) is 5.35. The summed E-state index contributed by atoms with van der Waals surface area (Å²) in [4.78, 5) is 24.2. The van der Waals surface area contributed by atoms with Crippen LogP contribution in [0.5, 0.6) is 0 Å². The van der Waals surface area contributed by atoms with Gasteiger partial charge in [0.1, 0.15) is 5.82 Å². The number of carbonyl (C=O) groups is 1. The lowest BCUT2D eigenvalue weighted by Crippen LogP contribution is -2.29. The lowest BCUT2D eigenvalue weighted by molar-refractivity contribution is -0.384. The predicted octanol–water partition coefficient (Wildman–Crippen LogP) is 4.72. The topological polar surface area (TPSA) is 63.5 Å². The highest BCUT2D eigenvalue weighted by atomic mass is 79.9. The van der Waals surface area contributed by atoms with E-state index < -0.39 is 10.7 Å². The number of halogens is 2. The van der Waals surface area contributed by atoms with Crippen LogP contribution in [0.1, 0.15) is 11.1 Å². The van der Waals surface area contributed by atoms with Crippen LogP contribution >= 0.6 is 15.9 Å². The standard InChI is InChI=1S/C19H16BrFN2O3/c1-2-10-22(13-15-12-16(20)7-8-18(15)21)19(24)9-6-14-4-3-5-17(11-14)23(25)26/h2-9,11-12H,1,10,13H2/b9-6+. The third-order valence-electron chi connectivity index (χ3n) is 3.53. The second-order valence-electron chi connectivity index (χ2n) is 5.43. The summed E-state index contributed by atoms with van der Waals surface area (Å²) in [6, 6.07) is 10.5. The van der Waals surface area contributed by atoms with Gasteiger partial charge < -0.3 is 4.90 Å². The van der Waals surface area contributed by atoms with Gasteiger partial charge in [0.2, 0.25) is 5.91 Å². The predicted molar refractivity (Wildman–Crippen MR) is 102 cm³/mol. The van der Waals surface area contributed by atoms with E-state index in [2.05, 4.69) is 22.5 Å². The molecule has 0 aliphatic carbocycles. The van der Waals surface area contributed by atoms with Crippen molar-refractivity contribution in [2.45, 2.75) is 6.54 Å². The van der Waals surface area contributed by atoms with E-state index in [9.17, 15) is 19.3 Å². The SMILES string of the molecule is C=CCN(Cc1cc(Br)ccc1F)C(=O)/C=C/c1cccc([N+](=O)[O-])c1. The largest absolute Gasteiger partial charge is 0.331 e. The van der Waals surface area contributed by atoms with Crippen LogP contribution in [-0.4, -0.2) is 22.3 Å². The zero-order valence-electron chi connectivity index (χ0n) is 13.8. The molecule has 0 radical (unpaired) electrons. The van der Waals surface area contributed by atoms with Crippen molar-refractivity contribution in [1.82, 2.24) is 4.90 Å². The summed E-state index contributed by atoms with van der Waals surface area (Å²) in [6.07, 6.45) is 4.34. The van der Waals surface area contributed by atoms with E-state index in [0.29, 0.717) is 15.6 Å². The van der Waals surface area contributed by atoms with Gasteiger partial charge >= 0.3 is 0 Å². The van der Waals surface area contributed by atoms with Gasteiger partial charge in [0.05, 0.1) is 4.92 Å². The molecule has 0 spiro atoms. The Morgan fingerprint density at radius 1 is 1.31 bits per heavy atom. The number of carbonyl (C=O) groups excluding carboxylic acids is 1. The van der Waals surface area contributed by atoms with E-state index in [0.717, 1.165) is 0 Å². The monoisotopic (exact) mass is 418 g/mol. The number of hydrogen-bond donors (Lipinski definition) is 0. The smallest absolute Gasteiger partial charge is 0.270 e. The quantitative estimate of drug-likeness (QED) is 0.282. The molecule has 2 aromatic carbocycles. The van der Waals surface area contributed by atoms with E-state index in [1.807, 2.05) is 0 Å². The number of non-ortho nitro benzene ring substituents is 1. The third-order valence-corrected chi connectivity index (χ3v) is 4.02. The van der Waals surface area contributed by atoms with Crippen LogP contribution < -0.4 is 0 Å². The molecular formula is C19H16BrFN2O3. The number of benzene rings is 2. The molecule has 2 rings (SSSR count). The normalized spacial score (nSPS) is 10.7. The highest BCUT2D eigenvalue weighted by Gasteiger charge is 2.13. The zero-order chi connectivity index (χ0) is 19.1. The zero-order valence-corrected chi connectivity index (χ0v) is 15.4. The Balaban J connectivity index is 2.17. The van der Waals surface area contributed by atoms with E-state index in [-0.39, 0.29) is 24.7 Å². The molecule has 0 N–H and O–H groups in total. The fourth-order valence-corrected chi connectivity index (χ4v) is 2.68. The van der Waals surface area contributed by atoms with E-state index in [1.54, 1.807) is 30.3 Å². The second kappa shape index (κ2) is 9.05. The van der Waals surface area contributed by atoms with Gasteiger partial charge in [-0.15, -0.1) is 6.58 Å². The van der Waals surface area contributed by atoms with Crippen molar-refractivity contribution in [2.24, 2.45) is 0 Å².